The van der Waals surface area contributed by atoms with Gasteiger partial charge in [-0.15, -0.1) is 11.8 Å². The molecule has 4 heteroatoms. The van der Waals surface area contributed by atoms with Crippen LogP contribution in [0.15, 0.2) is 29.2 Å². The van der Waals surface area contributed by atoms with Crippen molar-refractivity contribution < 1.29 is 9.90 Å². The van der Waals surface area contributed by atoms with Crippen LogP contribution < -0.4 is 5.32 Å². The van der Waals surface area contributed by atoms with E-state index in [-0.39, 0.29) is 17.9 Å². The molecule has 0 spiro atoms. The maximum atomic E-state index is 11.7. The molecule has 1 aliphatic rings. The Morgan fingerprint density at radius 1 is 1.37 bits per heavy atom. The fourth-order valence-corrected chi connectivity index (χ4v) is 2.69. The molecule has 3 nitrogen and oxygen atoms in total. The fourth-order valence-electron chi connectivity index (χ4n) is 1.84. The van der Waals surface area contributed by atoms with Crippen molar-refractivity contribution in [2.75, 3.05) is 18.9 Å². The summed E-state index contributed by atoms with van der Waals surface area (Å²) in [5.41, 5.74) is 1.25. The van der Waals surface area contributed by atoms with E-state index in [1.165, 1.54) is 10.5 Å². The van der Waals surface area contributed by atoms with Gasteiger partial charge >= 0.3 is 0 Å². The Morgan fingerprint density at radius 2 is 2.05 bits per heavy atom. The average molecular weight is 279 g/mol. The number of benzene rings is 1. The van der Waals surface area contributed by atoms with E-state index < -0.39 is 0 Å². The lowest BCUT2D eigenvalue weighted by Crippen LogP contribution is -2.31. The summed E-state index contributed by atoms with van der Waals surface area (Å²) in [6.45, 7) is 2.87. The Balaban J connectivity index is 1.62. The van der Waals surface area contributed by atoms with Crippen LogP contribution in [0.2, 0.25) is 0 Å². The molecule has 0 aromatic heterocycles. The van der Waals surface area contributed by atoms with E-state index in [9.17, 15) is 4.79 Å². The Kier molecular flexibility index (Phi) is 4.88. The van der Waals surface area contributed by atoms with Crippen molar-refractivity contribution in [2.24, 2.45) is 5.41 Å². The minimum absolute atomic E-state index is 0.000238. The van der Waals surface area contributed by atoms with E-state index >= 15 is 0 Å². The molecule has 104 valence electrons. The Labute approximate surface area is 118 Å². The molecule has 19 heavy (non-hydrogen) atoms. The van der Waals surface area contributed by atoms with Crippen molar-refractivity contribution in [3.63, 3.8) is 0 Å². The molecule has 1 aromatic rings. The Bertz CT molecular complexity index is 426. The van der Waals surface area contributed by atoms with Gasteiger partial charge < -0.3 is 10.4 Å². The second kappa shape index (κ2) is 6.44. The number of aliphatic hydroxyl groups is 1. The molecule has 1 fully saturated rings. The van der Waals surface area contributed by atoms with Gasteiger partial charge in [0, 0.05) is 29.0 Å². The number of amides is 1. The second-order valence-corrected chi connectivity index (χ2v) is 6.51. The van der Waals surface area contributed by atoms with E-state index in [4.69, 9.17) is 5.11 Å². The van der Waals surface area contributed by atoms with E-state index in [1.807, 2.05) is 0 Å². The number of hydrogen-bond donors (Lipinski definition) is 2. The van der Waals surface area contributed by atoms with E-state index in [0.717, 1.165) is 18.6 Å². The van der Waals surface area contributed by atoms with Crippen molar-refractivity contribution in [1.82, 2.24) is 5.32 Å². The largest absolute Gasteiger partial charge is 0.396 e. The van der Waals surface area contributed by atoms with Crippen LogP contribution in [0.5, 0.6) is 0 Å². The zero-order valence-corrected chi connectivity index (χ0v) is 12.1. The van der Waals surface area contributed by atoms with Gasteiger partial charge in [0.2, 0.25) is 5.91 Å². The average Bonchev–Trinajstić information content (AvgIpc) is 3.19. The highest BCUT2D eigenvalue weighted by molar-refractivity contribution is 7.99. The third kappa shape index (κ3) is 4.55. The lowest BCUT2D eigenvalue weighted by atomic mass is 10.1. The molecular formula is C15H21NO2S. The molecule has 0 bridgehead atoms. The number of rotatable bonds is 7. The number of nitrogens with one attached hydrogen (secondary N) is 1. The Hall–Kier alpha value is -1.00. The minimum atomic E-state index is -0.000238. The van der Waals surface area contributed by atoms with Gasteiger partial charge in [-0.1, -0.05) is 17.7 Å². The molecule has 1 amide bonds. The first-order valence-corrected chi connectivity index (χ1v) is 7.69. The van der Waals surface area contributed by atoms with Crippen molar-refractivity contribution in [3.8, 4) is 0 Å². The van der Waals surface area contributed by atoms with Gasteiger partial charge in [-0.3, -0.25) is 4.79 Å². The maximum absolute atomic E-state index is 11.7. The highest BCUT2D eigenvalue weighted by atomic mass is 32.2. The van der Waals surface area contributed by atoms with Crippen molar-refractivity contribution in [3.05, 3.63) is 29.8 Å². The van der Waals surface area contributed by atoms with E-state index in [2.05, 4.69) is 36.5 Å². The molecule has 0 aliphatic heterocycles. The minimum Gasteiger partial charge on any atom is -0.396 e. The number of carbonyl (C=O) groups is 1. The monoisotopic (exact) mass is 279 g/mol. The van der Waals surface area contributed by atoms with Crippen molar-refractivity contribution >= 4 is 17.7 Å². The van der Waals surface area contributed by atoms with Crippen LogP contribution in [0.3, 0.4) is 0 Å². The summed E-state index contributed by atoms with van der Waals surface area (Å²) in [4.78, 5) is 12.9. The van der Waals surface area contributed by atoms with Gasteiger partial charge in [0.1, 0.15) is 0 Å². The summed E-state index contributed by atoms with van der Waals surface area (Å²) in [6.07, 6.45) is 2.59. The molecule has 0 unspecified atom stereocenters. The van der Waals surface area contributed by atoms with Crippen molar-refractivity contribution in [1.29, 1.82) is 0 Å². The normalized spacial score (nSPS) is 16.1. The Morgan fingerprint density at radius 3 is 2.63 bits per heavy atom. The third-order valence-electron chi connectivity index (χ3n) is 3.57. The first kappa shape index (κ1) is 14.4. The zero-order chi connectivity index (χ0) is 13.7. The van der Waals surface area contributed by atoms with Crippen LogP contribution in [-0.2, 0) is 4.79 Å². The van der Waals surface area contributed by atoms with Crippen LogP contribution in [-0.4, -0.2) is 29.9 Å². The number of hydrogen-bond acceptors (Lipinski definition) is 3. The molecule has 0 atom stereocenters. The second-order valence-electron chi connectivity index (χ2n) is 5.35. The van der Waals surface area contributed by atoms with Gasteiger partial charge in [-0.05, 0) is 31.9 Å². The summed E-state index contributed by atoms with van der Waals surface area (Å²) in [7, 11) is 0. The summed E-state index contributed by atoms with van der Waals surface area (Å²) in [5, 5.41) is 12.1. The predicted octanol–water partition coefficient (Wildman–Crippen LogP) is 2.37. The zero-order valence-electron chi connectivity index (χ0n) is 11.3. The van der Waals surface area contributed by atoms with Crippen LogP contribution in [0.1, 0.15) is 24.8 Å². The molecule has 2 N–H and O–H groups in total. The molecule has 1 aromatic carbocycles. The molecular weight excluding hydrogens is 258 g/mol. The van der Waals surface area contributed by atoms with Gasteiger partial charge in [-0.25, -0.2) is 0 Å². The molecule has 2 rings (SSSR count). The summed E-state index contributed by atoms with van der Waals surface area (Å²) >= 11 is 1.70. The first-order chi connectivity index (χ1) is 9.13. The van der Waals surface area contributed by atoms with Crippen molar-refractivity contribution in [2.45, 2.75) is 31.1 Å². The van der Waals surface area contributed by atoms with Crippen LogP contribution in [0.25, 0.3) is 0 Å². The number of aryl methyl sites for hydroxylation is 1. The van der Waals surface area contributed by atoms with Gasteiger partial charge in [0.25, 0.3) is 0 Å². The van der Waals surface area contributed by atoms with Crippen LogP contribution in [0, 0.1) is 12.3 Å². The first-order valence-electron chi connectivity index (χ1n) is 6.71. The number of carbonyl (C=O) groups excluding carboxylic acids is 1. The quantitative estimate of drug-likeness (QED) is 0.753. The third-order valence-corrected chi connectivity index (χ3v) is 4.59. The smallest absolute Gasteiger partial charge is 0.220 e. The highest BCUT2D eigenvalue weighted by Crippen LogP contribution is 2.44. The van der Waals surface area contributed by atoms with E-state index in [0.29, 0.717) is 13.0 Å². The lowest BCUT2D eigenvalue weighted by molar-refractivity contribution is -0.121. The SMILES string of the molecule is Cc1ccc(SCCC(=O)NCC2(CO)CC2)cc1. The number of thioether (sulfide) groups is 1. The standard InChI is InChI=1S/C15H21NO2S/c1-12-2-4-13(5-3-12)19-9-6-14(18)16-10-15(11-17)7-8-15/h2-5,17H,6-11H2,1H3,(H,16,18). The molecule has 1 saturated carbocycles. The van der Waals surface area contributed by atoms with Crippen LogP contribution in [0.4, 0.5) is 0 Å². The summed E-state index contributed by atoms with van der Waals surface area (Å²) in [5.74, 6) is 0.875. The van der Waals surface area contributed by atoms with Gasteiger partial charge in [0.15, 0.2) is 0 Å². The molecule has 0 saturated heterocycles. The topological polar surface area (TPSA) is 49.3 Å². The lowest BCUT2D eigenvalue weighted by Gasteiger charge is -2.12. The van der Waals surface area contributed by atoms with Gasteiger partial charge in [0.05, 0.1) is 6.61 Å². The van der Waals surface area contributed by atoms with E-state index in [1.54, 1.807) is 11.8 Å². The molecule has 1 aliphatic carbocycles. The predicted molar refractivity (Wildman–Crippen MR) is 78.3 cm³/mol. The summed E-state index contributed by atoms with van der Waals surface area (Å²) in [6, 6.07) is 8.34. The maximum Gasteiger partial charge on any atom is 0.220 e. The molecule has 0 radical (unpaired) electrons. The highest BCUT2D eigenvalue weighted by Gasteiger charge is 2.41. The van der Waals surface area contributed by atoms with Crippen LogP contribution >= 0.6 is 11.8 Å². The molecule has 0 heterocycles. The van der Waals surface area contributed by atoms with Gasteiger partial charge in [-0.2, -0.15) is 0 Å². The fraction of sp³-hybridized carbons (Fsp3) is 0.533. The number of aliphatic hydroxyl groups excluding tert-OH is 1. The summed E-state index contributed by atoms with van der Waals surface area (Å²) < 4.78 is 0.